The van der Waals surface area contributed by atoms with Gasteiger partial charge in [0.25, 0.3) is 0 Å². The Morgan fingerprint density at radius 2 is 1.71 bits per heavy atom. The van der Waals surface area contributed by atoms with Crippen LogP contribution in [-0.4, -0.2) is 77.3 Å². The minimum Gasteiger partial charge on any atom is -0.489 e. The third-order valence-corrected chi connectivity index (χ3v) is 9.88. The van der Waals surface area contributed by atoms with Gasteiger partial charge in [0.1, 0.15) is 11.6 Å². The van der Waals surface area contributed by atoms with Crippen molar-refractivity contribution in [2.75, 3.05) is 43.5 Å². The summed E-state index contributed by atoms with van der Waals surface area (Å²) in [5.74, 6) is 1.52. The smallest absolute Gasteiger partial charge is 0.229 e. The molecule has 45 heavy (non-hydrogen) atoms. The molecule has 0 atom stereocenters. The number of morpholine rings is 1. The van der Waals surface area contributed by atoms with Crippen molar-refractivity contribution >= 4 is 33.0 Å². The lowest BCUT2D eigenvalue weighted by Gasteiger charge is -2.26. The summed E-state index contributed by atoms with van der Waals surface area (Å²) >= 11 is 0. The molecule has 1 aliphatic heterocycles. The molecule has 5 rings (SSSR count). The van der Waals surface area contributed by atoms with Gasteiger partial charge < -0.3 is 20.1 Å². The van der Waals surface area contributed by atoms with E-state index < -0.39 is 15.1 Å². The van der Waals surface area contributed by atoms with Crippen molar-refractivity contribution in [3.05, 3.63) is 66.1 Å². The first kappa shape index (κ1) is 32.4. The Balaban J connectivity index is 1.42. The van der Waals surface area contributed by atoms with Crippen LogP contribution in [0.3, 0.4) is 0 Å². The molecule has 4 aromatic rings. The van der Waals surface area contributed by atoms with Crippen LogP contribution in [0.4, 0.5) is 23.1 Å². The number of benzene rings is 2. The van der Waals surface area contributed by atoms with E-state index in [4.69, 9.17) is 14.5 Å². The maximum Gasteiger partial charge on any atom is 0.229 e. The number of hydrogen-bond donors (Lipinski definition) is 2. The summed E-state index contributed by atoms with van der Waals surface area (Å²) in [5, 5.41) is 10.7. The molecule has 2 N–H and O–H groups in total. The van der Waals surface area contributed by atoms with Crippen LogP contribution in [0.1, 0.15) is 38.8 Å². The Morgan fingerprint density at radius 1 is 0.956 bits per heavy atom. The second-order valence-electron chi connectivity index (χ2n) is 11.8. The fourth-order valence-electron chi connectivity index (χ4n) is 5.08. The summed E-state index contributed by atoms with van der Waals surface area (Å²) in [7, 11) is -3.51. The number of sulfone groups is 1. The maximum absolute atomic E-state index is 13.0. The molecule has 11 nitrogen and oxygen atoms in total. The lowest BCUT2D eigenvalue weighted by molar-refractivity contribution is 0.0360. The predicted molar refractivity (Wildman–Crippen MR) is 178 cm³/mol. The van der Waals surface area contributed by atoms with E-state index in [1.165, 1.54) is 0 Å². The number of aromatic nitrogens is 4. The van der Waals surface area contributed by atoms with Crippen molar-refractivity contribution < 1.29 is 17.9 Å². The number of hydrogen-bond acceptors (Lipinski definition) is 10. The van der Waals surface area contributed by atoms with E-state index in [1.54, 1.807) is 44.3 Å². The Hall–Kier alpha value is -4.00. The van der Waals surface area contributed by atoms with Crippen molar-refractivity contribution in [3.63, 3.8) is 0 Å². The van der Waals surface area contributed by atoms with Gasteiger partial charge in [-0.2, -0.15) is 10.1 Å². The second kappa shape index (κ2) is 14.0. The molecule has 0 unspecified atom stereocenters. The number of aryl methyl sites for hydroxylation is 2. The van der Waals surface area contributed by atoms with Crippen LogP contribution in [0.25, 0.3) is 11.1 Å². The van der Waals surface area contributed by atoms with E-state index in [2.05, 4.69) is 38.7 Å². The van der Waals surface area contributed by atoms with Gasteiger partial charge in [-0.3, -0.25) is 9.58 Å². The zero-order chi connectivity index (χ0) is 32.1. The van der Waals surface area contributed by atoms with Crippen molar-refractivity contribution in [2.24, 2.45) is 0 Å². The summed E-state index contributed by atoms with van der Waals surface area (Å²) in [6.07, 6.45) is 5.62. The Kier molecular flexibility index (Phi) is 10.1. The molecule has 0 bridgehead atoms. The van der Waals surface area contributed by atoms with E-state index in [-0.39, 0.29) is 11.0 Å². The van der Waals surface area contributed by atoms with Crippen molar-refractivity contribution in [2.45, 2.75) is 64.3 Å². The molecule has 0 saturated carbocycles. The number of anilines is 4. The van der Waals surface area contributed by atoms with Crippen LogP contribution in [0, 0.1) is 13.8 Å². The maximum atomic E-state index is 13.0. The highest BCUT2D eigenvalue weighted by Gasteiger charge is 2.23. The van der Waals surface area contributed by atoms with Crippen LogP contribution >= 0.6 is 0 Å². The Morgan fingerprint density at radius 3 is 2.44 bits per heavy atom. The first-order valence-electron chi connectivity index (χ1n) is 15.4. The van der Waals surface area contributed by atoms with Gasteiger partial charge in [-0.05, 0) is 76.9 Å². The number of rotatable bonds is 12. The first-order chi connectivity index (χ1) is 21.5. The molecule has 1 fully saturated rings. The first-order valence-corrected chi connectivity index (χ1v) is 16.9. The standard InChI is InChI=1S/C33H43N7O4S/c1-22(2)44-30-17-24(5)27(26-20-35-40(21-26)12-11-39-13-15-43-16-14-39)18-29(30)37-33-34-19-25(6)32(38-33)36-28-9-7-8-10-31(28)45(41,42)23(3)4/h7-10,17-23H,11-16H2,1-6H3,(H2,34,36,37,38). The van der Waals surface area contributed by atoms with E-state index in [0.29, 0.717) is 28.9 Å². The molecule has 1 saturated heterocycles. The fraction of sp³-hybridized carbons (Fsp3) is 0.424. The molecule has 240 valence electrons. The summed E-state index contributed by atoms with van der Waals surface area (Å²) in [4.78, 5) is 11.9. The van der Waals surface area contributed by atoms with Gasteiger partial charge in [0.05, 0.1) is 53.6 Å². The van der Waals surface area contributed by atoms with Crippen molar-refractivity contribution in [1.29, 1.82) is 0 Å². The minimum absolute atomic E-state index is 0.0469. The summed E-state index contributed by atoms with van der Waals surface area (Å²) in [6.45, 7) is 16.4. The van der Waals surface area contributed by atoms with Gasteiger partial charge in [0.15, 0.2) is 9.84 Å². The van der Waals surface area contributed by atoms with Crippen LogP contribution in [0.2, 0.25) is 0 Å². The zero-order valence-corrected chi connectivity index (χ0v) is 27.7. The number of ether oxygens (including phenoxy) is 2. The third-order valence-electron chi connectivity index (χ3n) is 7.67. The molecule has 0 amide bonds. The molecular formula is C33H43N7O4S. The summed E-state index contributed by atoms with van der Waals surface area (Å²) < 4.78 is 39.7. The van der Waals surface area contributed by atoms with Gasteiger partial charge >= 0.3 is 0 Å². The highest BCUT2D eigenvalue weighted by molar-refractivity contribution is 7.92. The lowest BCUT2D eigenvalue weighted by atomic mass is 10.0. The predicted octanol–water partition coefficient (Wildman–Crippen LogP) is 5.75. The van der Waals surface area contributed by atoms with Crippen LogP contribution in [0.15, 0.2) is 59.9 Å². The van der Waals surface area contributed by atoms with Crippen LogP contribution < -0.4 is 15.4 Å². The van der Waals surface area contributed by atoms with Gasteiger partial charge in [-0.25, -0.2) is 13.4 Å². The van der Waals surface area contributed by atoms with Crippen molar-refractivity contribution in [1.82, 2.24) is 24.6 Å². The SMILES string of the molecule is Cc1cc(OC(C)C)c(Nc2ncc(C)c(Nc3ccccc3S(=O)(=O)C(C)C)n2)cc1-c1cnn(CCN2CCOCC2)c1. The average Bonchev–Trinajstić information content (AvgIpc) is 3.48. The van der Waals surface area contributed by atoms with Gasteiger partial charge in [-0.15, -0.1) is 0 Å². The van der Waals surface area contributed by atoms with Crippen LogP contribution in [-0.2, 0) is 21.1 Å². The van der Waals surface area contributed by atoms with Crippen LogP contribution in [0.5, 0.6) is 5.75 Å². The fourth-order valence-corrected chi connectivity index (χ4v) is 6.29. The van der Waals surface area contributed by atoms with Crippen molar-refractivity contribution in [3.8, 4) is 16.9 Å². The van der Waals surface area contributed by atoms with Gasteiger partial charge in [-0.1, -0.05) is 12.1 Å². The monoisotopic (exact) mass is 633 g/mol. The molecule has 0 aliphatic carbocycles. The highest BCUT2D eigenvalue weighted by Crippen LogP contribution is 2.36. The quantitative estimate of drug-likeness (QED) is 0.199. The van der Waals surface area contributed by atoms with E-state index in [1.807, 2.05) is 43.8 Å². The Labute approximate surface area is 265 Å². The highest BCUT2D eigenvalue weighted by atomic mass is 32.2. The summed E-state index contributed by atoms with van der Waals surface area (Å²) in [5.41, 5.74) is 5.02. The molecule has 2 aromatic heterocycles. The number of nitrogens with one attached hydrogen (secondary N) is 2. The largest absolute Gasteiger partial charge is 0.489 e. The lowest BCUT2D eigenvalue weighted by Crippen LogP contribution is -2.38. The van der Waals surface area contributed by atoms with E-state index in [0.717, 1.165) is 61.6 Å². The van der Waals surface area contributed by atoms with E-state index in [9.17, 15) is 8.42 Å². The molecular weight excluding hydrogens is 590 g/mol. The molecule has 2 aromatic carbocycles. The topological polar surface area (TPSA) is 124 Å². The molecule has 0 radical (unpaired) electrons. The van der Waals surface area contributed by atoms with Gasteiger partial charge in [0.2, 0.25) is 5.95 Å². The van der Waals surface area contributed by atoms with Gasteiger partial charge in [0, 0.05) is 43.2 Å². The normalized spacial score (nSPS) is 14.2. The van der Waals surface area contributed by atoms with E-state index >= 15 is 0 Å². The third kappa shape index (κ3) is 7.81. The zero-order valence-electron chi connectivity index (χ0n) is 26.9. The average molecular weight is 634 g/mol. The molecule has 1 aliphatic rings. The summed E-state index contributed by atoms with van der Waals surface area (Å²) in [6, 6.07) is 10.9. The second-order valence-corrected chi connectivity index (χ2v) is 14.3. The minimum atomic E-state index is -3.51. The molecule has 12 heteroatoms. The number of nitrogens with zero attached hydrogens (tertiary/aromatic N) is 5. The number of para-hydroxylation sites is 1. The molecule has 0 spiro atoms. The molecule has 3 heterocycles. The Bertz CT molecular complexity index is 1730.